The molecule has 0 saturated carbocycles. The zero-order chi connectivity index (χ0) is 15.9. The standard InChI is InChI=1S/C14H18N2O6/c1-20-14(19)22-9-21-12-13(18)16(7-4-8-17)11-6-3-2-5-10(11)15-12/h2-3,5-6,13,17-18H,4,7-9H2,1H3. The van der Waals surface area contributed by atoms with Crippen LogP contribution in [0.4, 0.5) is 16.2 Å². The molecule has 1 aliphatic rings. The van der Waals surface area contributed by atoms with E-state index < -0.39 is 19.2 Å². The molecule has 0 radical (unpaired) electrons. The monoisotopic (exact) mass is 310 g/mol. The summed E-state index contributed by atoms with van der Waals surface area (Å²) in [5, 5.41) is 19.3. The Bertz CT molecular complexity index is 548. The van der Waals surface area contributed by atoms with Gasteiger partial charge in [-0.3, -0.25) is 0 Å². The number of benzene rings is 1. The summed E-state index contributed by atoms with van der Waals surface area (Å²) in [4.78, 5) is 16.7. The molecule has 120 valence electrons. The third kappa shape index (κ3) is 3.66. The quantitative estimate of drug-likeness (QED) is 0.618. The fourth-order valence-corrected chi connectivity index (χ4v) is 2.03. The van der Waals surface area contributed by atoms with Gasteiger partial charge in [-0.15, -0.1) is 0 Å². The molecular weight excluding hydrogens is 292 g/mol. The predicted octanol–water partition coefficient (Wildman–Crippen LogP) is 0.994. The summed E-state index contributed by atoms with van der Waals surface area (Å²) in [6.45, 7) is 0.0116. The number of carbonyl (C=O) groups excluding carboxylic acids is 1. The van der Waals surface area contributed by atoms with Crippen molar-refractivity contribution in [2.45, 2.75) is 12.6 Å². The third-order valence-corrected chi connectivity index (χ3v) is 3.05. The number of aliphatic hydroxyl groups excluding tert-OH is 2. The molecule has 2 N–H and O–H groups in total. The molecule has 8 heteroatoms. The third-order valence-electron chi connectivity index (χ3n) is 3.05. The maximum absolute atomic E-state index is 10.9. The van der Waals surface area contributed by atoms with Crippen LogP contribution >= 0.6 is 0 Å². The van der Waals surface area contributed by atoms with Crippen LogP contribution in [-0.4, -0.2) is 55.5 Å². The minimum absolute atomic E-state index is 0.00414. The largest absolute Gasteiger partial charge is 0.510 e. The van der Waals surface area contributed by atoms with Gasteiger partial charge in [0.05, 0.1) is 18.5 Å². The van der Waals surface area contributed by atoms with Crippen LogP contribution in [0.3, 0.4) is 0 Å². The van der Waals surface area contributed by atoms with Gasteiger partial charge in [0.2, 0.25) is 18.9 Å². The molecule has 0 bridgehead atoms. The number of aliphatic imine (C=N–C) groups is 1. The molecule has 1 aromatic carbocycles. The summed E-state index contributed by atoms with van der Waals surface area (Å²) in [6, 6.07) is 7.24. The Balaban J connectivity index is 2.13. The van der Waals surface area contributed by atoms with Crippen molar-refractivity contribution in [3.05, 3.63) is 24.3 Å². The number of rotatable bonds is 5. The van der Waals surface area contributed by atoms with Crippen LogP contribution in [0.25, 0.3) is 0 Å². The van der Waals surface area contributed by atoms with Crippen molar-refractivity contribution in [1.82, 2.24) is 0 Å². The Morgan fingerprint density at radius 2 is 2.18 bits per heavy atom. The Kier molecular flexibility index (Phi) is 5.56. The number of anilines is 1. The van der Waals surface area contributed by atoms with E-state index in [2.05, 4.69) is 14.5 Å². The van der Waals surface area contributed by atoms with Crippen molar-refractivity contribution < 1.29 is 29.2 Å². The molecule has 22 heavy (non-hydrogen) atoms. The van der Waals surface area contributed by atoms with Crippen LogP contribution in [0.15, 0.2) is 29.3 Å². The van der Waals surface area contributed by atoms with E-state index in [9.17, 15) is 9.90 Å². The fourth-order valence-electron chi connectivity index (χ4n) is 2.03. The normalized spacial score (nSPS) is 16.6. The first-order chi connectivity index (χ1) is 10.7. The van der Waals surface area contributed by atoms with Crippen molar-refractivity contribution in [1.29, 1.82) is 0 Å². The Morgan fingerprint density at radius 3 is 2.91 bits per heavy atom. The maximum Gasteiger partial charge on any atom is 0.510 e. The minimum Gasteiger partial charge on any atom is -0.439 e. The van der Waals surface area contributed by atoms with E-state index in [-0.39, 0.29) is 12.5 Å². The van der Waals surface area contributed by atoms with Gasteiger partial charge in [-0.05, 0) is 18.6 Å². The summed E-state index contributed by atoms with van der Waals surface area (Å²) in [5.74, 6) is 0.0144. The van der Waals surface area contributed by atoms with Gasteiger partial charge in [-0.25, -0.2) is 9.79 Å². The lowest BCUT2D eigenvalue weighted by molar-refractivity contribution is 0.00299. The second-order valence-electron chi connectivity index (χ2n) is 4.44. The number of ether oxygens (including phenoxy) is 3. The highest BCUT2D eigenvalue weighted by atomic mass is 16.8. The van der Waals surface area contributed by atoms with Crippen molar-refractivity contribution in [2.24, 2.45) is 4.99 Å². The van der Waals surface area contributed by atoms with E-state index in [1.807, 2.05) is 18.2 Å². The Labute approximate surface area is 127 Å². The van der Waals surface area contributed by atoms with E-state index in [0.717, 1.165) is 5.69 Å². The van der Waals surface area contributed by atoms with Crippen LogP contribution < -0.4 is 4.90 Å². The first-order valence-electron chi connectivity index (χ1n) is 6.74. The second-order valence-corrected chi connectivity index (χ2v) is 4.44. The van der Waals surface area contributed by atoms with E-state index in [1.165, 1.54) is 7.11 Å². The maximum atomic E-state index is 10.9. The number of methoxy groups -OCH3 is 1. The number of hydrogen-bond donors (Lipinski definition) is 2. The molecule has 0 fully saturated rings. The van der Waals surface area contributed by atoms with Gasteiger partial charge >= 0.3 is 6.16 Å². The summed E-state index contributed by atoms with van der Waals surface area (Å²) in [5.41, 5.74) is 1.36. The van der Waals surface area contributed by atoms with E-state index >= 15 is 0 Å². The first kappa shape index (κ1) is 16.1. The zero-order valence-electron chi connectivity index (χ0n) is 12.1. The van der Waals surface area contributed by atoms with Crippen molar-refractivity contribution in [3.8, 4) is 0 Å². The van der Waals surface area contributed by atoms with Gasteiger partial charge in [0, 0.05) is 13.2 Å². The highest BCUT2D eigenvalue weighted by molar-refractivity contribution is 5.92. The number of para-hydroxylation sites is 2. The highest BCUT2D eigenvalue weighted by Gasteiger charge is 2.29. The molecule has 0 spiro atoms. The molecule has 0 aliphatic carbocycles. The van der Waals surface area contributed by atoms with Gasteiger partial charge in [0.15, 0.2) is 0 Å². The average Bonchev–Trinajstić information content (AvgIpc) is 2.54. The molecule has 0 aromatic heterocycles. The van der Waals surface area contributed by atoms with Crippen molar-refractivity contribution in [2.75, 3.05) is 32.0 Å². The van der Waals surface area contributed by atoms with Gasteiger partial charge in [-0.1, -0.05) is 12.1 Å². The molecule has 1 unspecified atom stereocenters. The lowest BCUT2D eigenvalue weighted by Crippen LogP contribution is -2.45. The molecule has 2 rings (SSSR count). The summed E-state index contributed by atoms with van der Waals surface area (Å²) in [6.07, 6.45) is -1.52. The number of hydrogen-bond acceptors (Lipinski definition) is 8. The molecule has 1 atom stereocenters. The van der Waals surface area contributed by atoms with Crippen molar-refractivity contribution >= 4 is 23.4 Å². The van der Waals surface area contributed by atoms with Crippen molar-refractivity contribution in [3.63, 3.8) is 0 Å². The molecule has 1 heterocycles. The minimum atomic E-state index is -1.12. The summed E-state index contributed by atoms with van der Waals surface area (Å²) >= 11 is 0. The molecule has 1 aromatic rings. The smallest absolute Gasteiger partial charge is 0.439 e. The first-order valence-corrected chi connectivity index (χ1v) is 6.74. The summed E-state index contributed by atoms with van der Waals surface area (Å²) < 4.78 is 14.1. The van der Waals surface area contributed by atoms with Gasteiger partial charge in [0.1, 0.15) is 0 Å². The summed E-state index contributed by atoms with van der Waals surface area (Å²) in [7, 11) is 1.18. The molecule has 1 aliphatic heterocycles. The predicted molar refractivity (Wildman–Crippen MR) is 78.0 cm³/mol. The van der Waals surface area contributed by atoms with Gasteiger partial charge in [-0.2, -0.15) is 0 Å². The lowest BCUT2D eigenvalue weighted by atomic mass is 10.2. The van der Waals surface area contributed by atoms with Crippen LogP contribution in [0.1, 0.15) is 6.42 Å². The van der Waals surface area contributed by atoms with Gasteiger partial charge in [0.25, 0.3) is 0 Å². The Morgan fingerprint density at radius 1 is 1.41 bits per heavy atom. The molecule has 0 saturated heterocycles. The van der Waals surface area contributed by atoms with Crippen LogP contribution in [0.5, 0.6) is 0 Å². The molecular formula is C14H18N2O6. The van der Waals surface area contributed by atoms with Gasteiger partial charge < -0.3 is 29.3 Å². The van der Waals surface area contributed by atoms with E-state index in [0.29, 0.717) is 18.7 Å². The fraction of sp³-hybridized carbons (Fsp3) is 0.429. The molecule has 0 amide bonds. The topological polar surface area (TPSA) is 101 Å². The number of aliphatic hydroxyl groups is 2. The lowest BCUT2D eigenvalue weighted by Gasteiger charge is -2.34. The number of carbonyl (C=O) groups is 1. The van der Waals surface area contributed by atoms with E-state index in [4.69, 9.17) is 9.84 Å². The SMILES string of the molecule is COC(=O)OCOC1=Nc2ccccc2N(CCCO)C1O. The average molecular weight is 310 g/mol. The molecule has 8 nitrogen and oxygen atoms in total. The van der Waals surface area contributed by atoms with Crippen LogP contribution in [0, 0.1) is 0 Å². The van der Waals surface area contributed by atoms with E-state index in [1.54, 1.807) is 11.0 Å². The highest BCUT2D eigenvalue weighted by Crippen LogP contribution is 2.34. The van der Waals surface area contributed by atoms with Crippen LogP contribution in [-0.2, 0) is 14.2 Å². The number of fused-ring (bicyclic) bond motifs is 1. The number of nitrogens with zero attached hydrogens (tertiary/aromatic N) is 2. The Hall–Kier alpha value is -2.32. The second kappa shape index (κ2) is 7.62. The zero-order valence-corrected chi connectivity index (χ0v) is 12.1. The van der Waals surface area contributed by atoms with Crippen LogP contribution in [0.2, 0.25) is 0 Å².